The second-order valence-electron chi connectivity index (χ2n) is 4.04. The van der Waals surface area contributed by atoms with Crippen molar-refractivity contribution < 1.29 is 4.79 Å². The van der Waals surface area contributed by atoms with Gasteiger partial charge in [-0.1, -0.05) is 18.2 Å². The van der Waals surface area contributed by atoms with Crippen LogP contribution in [-0.2, 0) is 6.54 Å². The Morgan fingerprint density at radius 2 is 2.00 bits per heavy atom. The number of carbonyl (C=O) groups is 1. The zero-order valence-corrected chi connectivity index (χ0v) is 11.1. The number of amides is 1. The Hall–Kier alpha value is -1.81. The van der Waals surface area contributed by atoms with E-state index in [9.17, 15) is 4.79 Å². The lowest BCUT2D eigenvalue weighted by Gasteiger charge is -2.20. The van der Waals surface area contributed by atoms with E-state index in [1.807, 2.05) is 53.6 Å². The van der Waals surface area contributed by atoms with Gasteiger partial charge in [-0.3, -0.25) is 4.79 Å². The van der Waals surface area contributed by atoms with E-state index in [1.54, 1.807) is 0 Å². The lowest BCUT2D eigenvalue weighted by molar-refractivity contribution is 0.0757. The number of nitrogens with two attached hydrogens (primary N) is 1. The molecule has 0 bridgehead atoms. The number of thiophene rings is 1. The van der Waals surface area contributed by atoms with Crippen LogP contribution in [0.15, 0.2) is 41.8 Å². The van der Waals surface area contributed by atoms with Gasteiger partial charge < -0.3 is 10.6 Å². The Labute approximate surface area is 111 Å². The molecule has 2 N–H and O–H groups in total. The Bertz CT molecular complexity index is 505. The van der Waals surface area contributed by atoms with Gasteiger partial charge in [-0.25, -0.2) is 0 Å². The zero-order valence-electron chi connectivity index (χ0n) is 10.3. The van der Waals surface area contributed by atoms with E-state index in [2.05, 4.69) is 0 Å². The lowest BCUT2D eigenvalue weighted by Crippen LogP contribution is -2.29. The predicted molar refractivity (Wildman–Crippen MR) is 75.6 cm³/mol. The molecule has 0 spiro atoms. The van der Waals surface area contributed by atoms with Gasteiger partial charge >= 0.3 is 0 Å². The van der Waals surface area contributed by atoms with Crippen LogP contribution in [0.5, 0.6) is 0 Å². The van der Waals surface area contributed by atoms with Gasteiger partial charge in [-0.15, -0.1) is 11.3 Å². The minimum absolute atomic E-state index is 0.0873. The van der Waals surface area contributed by atoms with Crippen molar-refractivity contribution in [1.82, 2.24) is 4.90 Å². The van der Waals surface area contributed by atoms with Gasteiger partial charge in [0.1, 0.15) is 0 Å². The third-order valence-corrected chi connectivity index (χ3v) is 3.61. The normalized spacial score (nSPS) is 10.3. The topological polar surface area (TPSA) is 46.3 Å². The van der Waals surface area contributed by atoms with Gasteiger partial charge in [0.2, 0.25) is 0 Å². The number of nitrogens with zero attached hydrogens (tertiary/aromatic N) is 1. The maximum absolute atomic E-state index is 12.2. The summed E-state index contributed by atoms with van der Waals surface area (Å²) in [7, 11) is 0. The Balaban J connectivity index is 2.10. The van der Waals surface area contributed by atoms with Crippen molar-refractivity contribution in [3.8, 4) is 0 Å². The molecule has 0 aliphatic rings. The fourth-order valence-corrected chi connectivity index (χ4v) is 2.42. The molecule has 0 fully saturated rings. The van der Waals surface area contributed by atoms with E-state index in [4.69, 9.17) is 5.73 Å². The number of hydrogen-bond donors (Lipinski definition) is 1. The monoisotopic (exact) mass is 260 g/mol. The van der Waals surface area contributed by atoms with E-state index in [1.165, 1.54) is 11.3 Å². The molecule has 4 heteroatoms. The van der Waals surface area contributed by atoms with Gasteiger partial charge in [0, 0.05) is 18.8 Å². The van der Waals surface area contributed by atoms with Crippen molar-refractivity contribution in [1.29, 1.82) is 0 Å². The van der Waals surface area contributed by atoms with Crippen LogP contribution in [0.25, 0.3) is 0 Å². The van der Waals surface area contributed by atoms with E-state index in [-0.39, 0.29) is 5.91 Å². The number of rotatable bonds is 4. The van der Waals surface area contributed by atoms with Crippen molar-refractivity contribution in [2.24, 2.45) is 0 Å². The first-order chi connectivity index (χ1) is 8.70. The van der Waals surface area contributed by atoms with Crippen LogP contribution in [0, 0.1) is 0 Å². The predicted octanol–water partition coefficient (Wildman–Crippen LogP) is 2.99. The molecule has 2 aromatic rings. The van der Waals surface area contributed by atoms with Gasteiger partial charge in [0.25, 0.3) is 5.91 Å². The smallest absolute Gasteiger partial charge is 0.264 e. The highest BCUT2D eigenvalue weighted by Gasteiger charge is 2.15. The molecule has 1 aromatic heterocycles. The third kappa shape index (κ3) is 2.90. The van der Waals surface area contributed by atoms with Crippen LogP contribution in [0.2, 0.25) is 0 Å². The summed E-state index contributed by atoms with van der Waals surface area (Å²) in [6.07, 6.45) is 0. The van der Waals surface area contributed by atoms with Crippen molar-refractivity contribution in [3.63, 3.8) is 0 Å². The SMILES string of the molecule is CCN(Cc1ccc(N)cc1)C(=O)c1cccs1. The van der Waals surface area contributed by atoms with E-state index in [0.29, 0.717) is 13.1 Å². The maximum atomic E-state index is 12.2. The molecule has 0 saturated heterocycles. The van der Waals surface area contributed by atoms with E-state index in [0.717, 1.165) is 16.1 Å². The molecule has 1 amide bonds. The fraction of sp³-hybridized carbons (Fsp3) is 0.214. The van der Waals surface area contributed by atoms with Crippen molar-refractivity contribution in [2.75, 3.05) is 12.3 Å². The second kappa shape index (κ2) is 5.69. The highest BCUT2D eigenvalue weighted by molar-refractivity contribution is 7.12. The summed E-state index contributed by atoms with van der Waals surface area (Å²) in [5.41, 5.74) is 7.48. The summed E-state index contributed by atoms with van der Waals surface area (Å²) in [5, 5.41) is 1.92. The van der Waals surface area contributed by atoms with Crippen molar-refractivity contribution >= 4 is 22.9 Å². The third-order valence-electron chi connectivity index (χ3n) is 2.75. The molecule has 0 aliphatic carbocycles. The zero-order chi connectivity index (χ0) is 13.0. The molecule has 2 rings (SSSR count). The first-order valence-corrected chi connectivity index (χ1v) is 6.76. The number of carbonyl (C=O) groups excluding carboxylic acids is 1. The molecule has 1 aromatic carbocycles. The van der Waals surface area contributed by atoms with Crippen LogP contribution in [-0.4, -0.2) is 17.4 Å². The minimum atomic E-state index is 0.0873. The Morgan fingerprint density at radius 1 is 1.28 bits per heavy atom. The lowest BCUT2D eigenvalue weighted by atomic mass is 10.2. The summed E-state index contributed by atoms with van der Waals surface area (Å²) in [5.74, 6) is 0.0873. The molecular formula is C14H16N2OS. The number of anilines is 1. The van der Waals surface area contributed by atoms with Gasteiger partial charge in [-0.05, 0) is 36.1 Å². The average molecular weight is 260 g/mol. The van der Waals surface area contributed by atoms with Crippen molar-refractivity contribution in [2.45, 2.75) is 13.5 Å². The molecule has 0 unspecified atom stereocenters. The van der Waals surface area contributed by atoms with Gasteiger partial charge in [0.05, 0.1) is 4.88 Å². The highest BCUT2D eigenvalue weighted by atomic mass is 32.1. The maximum Gasteiger partial charge on any atom is 0.264 e. The highest BCUT2D eigenvalue weighted by Crippen LogP contribution is 2.15. The number of nitrogen functional groups attached to an aromatic ring is 1. The van der Waals surface area contributed by atoms with E-state index < -0.39 is 0 Å². The van der Waals surface area contributed by atoms with Crippen molar-refractivity contribution in [3.05, 3.63) is 52.2 Å². The summed E-state index contributed by atoms with van der Waals surface area (Å²) in [4.78, 5) is 14.8. The average Bonchev–Trinajstić information content (AvgIpc) is 2.91. The second-order valence-corrected chi connectivity index (χ2v) is 4.99. The standard InChI is InChI=1S/C14H16N2OS/c1-2-16(14(17)13-4-3-9-18-13)10-11-5-7-12(15)8-6-11/h3-9H,2,10,15H2,1H3. The summed E-state index contributed by atoms with van der Waals surface area (Å²) >= 11 is 1.48. The Morgan fingerprint density at radius 3 is 2.56 bits per heavy atom. The van der Waals surface area contributed by atoms with Gasteiger partial charge in [-0.2, -0.15) is 0 Å². The minimum Gasteiger partial charge on any atom is -0.399 e. The van der Waals surface area contributed by atoms with Crippen LogP contribution in [0.3, 0.4) is 0 Å². The molecule has 0 saturated carbocycles. The fourth-order valence-electron chi connectivity index (χ4n) is 1.73. The molecular weight excluding hydrogens is 244 g/mol. The molecule has 0 radical (unpaired) electrons. The largest absolute Gasteiger partial charge is 0.399 e. The number of hydrogen-bond acceptors (Lipinski definition) is 3. The summed E-state index contributed by atoms with van der Waals surface area (Å²) in [6.45, 7) is 3.30. The van der Waals surface area contributed by atoms with E-state index >= 15 is 0 Å². The molecule has 1 heterocycles. The number of benzene rings is 1. The van der Waals surface area contributed by atoms with Crippen LogP contribution in [0.1, 0.15) is 22.2 Å². The molecule has 3 nitrogen and oxygen atoms in total. The molecule has 0 aliphatic heterocycles. The van der Waals surface area contributed by atoms with Crippen LogP contribution in [0.4, 0.5) is 5.69 Å². The molecule has 18 heavy (non-hydrogen) atoms. The summed E-state index contributed by atoms with van der Waals surface area (Å²) < 4.78 is 0. The Kier molecular flexibility index (Phi) is 3.99. The van der Waals surface area contributed by atoms with Gasteiger partial charge in [0.15, 0.2) is 0 Å². The summed E-state index contributed by atoms with van der Waals surface area (Å²) in [6, 6.07) is 11.4. The molecule has 94 valence electrons. The first-order valence-electron chi connectivity index (χ1n) is 5.88. The first kappa shape index (κ1) is 12.6. The quantitative estimate of drug-likeness (QED) is 0.859. The van der Waals surface area contributed by atoms with Crippen LogP contribution >= 0.6 is 11.3 Å². The van der Waals surface area contributed by atoms with Crippen LogP contribution < -0.4 is 5.73 Å². The molecule has 0 atom stereocenters.